The highest BCUT2D eigenvalue weighted by Crippen LogP contribution is 2.29. The lowest BCUT2D eigenvalue weighted by Crippen LogP contribution is -2.29. The number of halogens is 1. The van der Waals surface area contributed by atoms with Crippen molar-refractivity contribution < 1.29 is 14.2 Å². The average molecular weight is 406 g/mol. The molecule has 21 heavy (non-hydrogen) atoms. The van der Waals surface area contributed by atoms with Crippen LogP contribution in [-0.4, -0.2) is 38.0 Å². The van der Waals surface area contributed by atoms with Crippen molar-refractivity contribution in [1.29, 1.82) is 0 Å². The first kappa shape index (κ1) is 18.9. The molecule has 1 rings (SSSR count). The predicted molar refractivity (Wildman–Crippen MR) is 95.4 cm³/mol. The van der Waals surface area contributed by atoms with Crippen molar-refractivity contribution in [3.05, 3.63) is 35.4 Å². The Morgan fingerprint density at radius 1 is 1.05 bits per heavy atom. The third-order valence-electron chi connectivity index (χ3n) is 3.52. The summed E-state index contributed by atoms with van der Waals surface area (Å²) < 4.78 is 17.4. The lowest BCUT2D eigenvalue weighted by Gasteiger charge is -2.29. The van der Waals surface area contributed by atoms with Gasteiger partial charge in [-0.25, -0.2) is 0 Å². The van der Waals surface area contributed by atoms with Crippen LogP contribution in [0.15, 0.2) is 24.3 Å². The molecule has 0 aliphatic rings. The summed E-state index contributed by atoms with van der Waals surface area (Å²) in [7, 11) is 1.67. The number of benzene rings is 1. The molecule has 1 atom stereocenters. The lowest BCUT2D eigenvalue weighted by molar-refractivity contribution is -0.0494. The highest BCUT2D eigenvalue weighted by Gasteiger charge is 2.26. The van der Waals surface area contributed by atoms with Crippen molar-refractivity contribution in [1.82, 2.24) is 0 Å². The van der Waals surface area contributed by atoms with Crippen molar-refractivity contribution >= 4 is 22.6 Å². The fraction of sp³-hybridized carbons (Fsp3) is 0.647. The van der Waals surface area contributed by atoms with Gasteiger partial charge in [0, 0.05) is 11.5 Å². The topological polar surface area (TPSA) is 27.7 Å². The quantitative estimate of drug-likeness (QED) is 0.332. The minimum absolute atomic E-state index is 0.263. The largest absolute Gasteiger partial charge is 0.382 e. The number of hydrogen-bond donors (Lipinski definition) is 0. The van der Waals surface area contributed by atoms with E-state index < -0.39 is 0 Å². The first-order valence-corrected chi connectivity index (χ1v) is 8.93. The maximum Gasteiger partial charge on any atom is 0.0993 e. The van der Waals surface area contributed by atoms with Gasteiger partial charge in [-0.2, -0.15) is 0 Å². The van der Waals surface area contributed by atoms with E-state index in [2.05, 4.69) is 67.6 Å². The first-order valence-electron chi connectivity index (χ1n) is 7.40. The van der Waals surface area contributed by atoms with Crippen molar-refractivity contribution in [3.63, 3.8) is 0 Å². The SMILES string of the molecule is COCCOCCOC(C)(CI)c1ccc(C(C)C)cc1. The van der Waals surface area contributed by atoms with Gasteiger partial charge >= 0.3 is 0 Å². The van der Waals surface area contributed by atoms with Crippen molar-refractivity contribution in [2.75, 3.05) is 38.0 Å². The van der Waals surface area contributed by atoms with Gasteiger partial charge in [0.25, 0.3) is 0 Å². The number of ether oxygens (including phenoxy) is 3. The van der Waals surface area contributed by atoms with E-state index >= 15 is 0 Å². The van der Waals surface area contributed by atoms with Gasteiger partial charge < -0.3 is 14.2 Å². The molecule has 0 N–H and O–H groups in total. The summed E-state index contributed by atoms with van der Waals surface area (Å²) >= 11 is 2.38. The summed E-state index contributed by atoms with van der Waals surface area (Å²) in [5.41, 5.74) is 2.32. The zero-order valence-electron chi connectivity index (χ0n) is 13.5. The molecular weight excluding hydrogens is 379 g/mol. The van der Waals surface area contributed by atoms with Crippen LogP contribution >= 0.6 is 22.6 Å². The van der Waals surface area contributed by atoms with Crippen LogP contribution in [-0.2, 0) is 19.8 Å². The van der Waals surface area contributed by atoms with E-state index in [0.29, 0.717) is 32.3 Å². The monoisotopic (exact) mass is 406 g/mol. The van der Waals surface area contributed by atoms with Crippen LogP contribution in [0.3, 0.4) is 0 Å². The van der Waals surface area contributed by atoms with Crippen molar-refractivity contribution in [2.24, 2.45) is 0 Å². The van der Waals surface area contributed by atoms with Gasteiger partial charge in [-0.05, 0) is 24.0 Å². The molecule has 0 aliphatic heterocycles. The number of alkyl halides is 1. The Labute approximate surface area is 142 Å². The number of methoxy groups -OCH3 is 1. The predicted octanol–water partition coefficient (Wildman–Crippen LogP) is 4.14. The summed E-state index contributed by atoms with van der Waals surface area (Å²) in [5.74, 6) is 0.556. The van der Waals surface area contributed by atoms with Gasteiger partial charge in [-0.3, -0.25) is 0 Å². The minimum Gasteiger partial charge on any atom is -0.382 e. The minimum atomic E-state index is -0.263. The first-order chi connectivity index (χ1) is 10.0. The van der Waals surface area contributed by atoms with Gasteiger partial charge in [-0.15, -0.1) is 0 Å². The third kappa shape index (κ3) is 6.22. The molecule has 0 bridgehead atoms. The maximum absolute atomic E-state index is 6.07. The summed E-state index contributed by atoms with van der Waals surface area (Å²) in [5, 5.41) is 0. The molecule has 0 amide bonds. The number of rotatable bonds is 10. The van der Waals surface area contributed by atoms with Crippen LogP contribution in [0.2, 0.25) is 0 Å². The smallest absolute Gasteiger partial charge is 0.0993 e. The fourth-order valence-corrected chi connectivity index (χ4v) is 2.65. The van der Waals surface area contributed by atoms with Crippen LogP contribution in [0.25, 0.3) is 0 Å². The van der Waals surface area contributed by atoms with E-state index in [1.54, 1.807) is 7.11 Å². The Morgan fingerprint density at radius 2 is 1.67 bits per heavy atom. The molecule has 1 unspecified atom stereocenters. The summed E-state index contributed by atoms with van der Waals surface area (Å²) in [6.45, 7) is 8.98. The number of hydrogen-bond acceptors (Lipinski definition) is 3. The van der Waals surface area contributed by atoms with Crippen LogP contribution < -0.4 is 0 Å². The molecule has 1 aromatic rings. The van der Waals surface area contributed by atoms with E-state index in [9.17, 15) is 0 Å². The third-order valence-corrected chi connectivity index (χ3v) is 4.98. The molecule has 120 valence electrons. The van der Waals surface area contributed by atoms with Crippen LogP contribution in [0.1, 0.15) is 37.8 Å². The van der Waals surface area contributed by atoms with Gasteiger partial charge in [0.2, 0.25) is 0 Å². The standard InChI is InChI=1S/C17H27IO3/c1-14(2)15-5-7-16(8-6-15)17(3,13-18)21-12-11-20-10-9-19-4/h5-8,14H,9-13H2,1-4H3. The molecule has 4 heteroatoms. The molecule has 0 fully saturated rings. The van der Waals surface area contributed by atoms with E-state index in [0.717, 1.165) is 4.43 Å². The molecule has 0 aliphatic carbocycles. The Bertz CT molecular complexity index is 392. The summed E-state index contributed by atoms with van der Waals surface area (Å²) in [6.07, 6.45) is 0. The maximum atomic E-state index is 6.07. The Hall–Kier alpha value is -0.170. The molecule has 0 radical (unpaired) electrons. The molecule has 0 saturated carbocycles. The molecule has 0 heterocycles. The van der Waals surface area contributed by atoms with Gasteiger partial charge in [0.1, 0.15) is 0 Å². The van der Waals surface area contributed by atoms with Gasteiger partial charge in [0.05, 0.1) is 32.0 Å². The highest BCUT2D eigenvalue weighted by atomic mass is 127. The summed E-state index contributed by atoms with van der Waals surface area (Å²) in [4.78, 5) is 0. The second-order valence-electron chi connectivity index (χ2n) is 5.59. The van der Waals surface area contributed by atoms with Gasteiger partial charge in [0.15, 0.2) is 0 Å². The van der Waals surface area contributed by atoms with Crippen molar-refractivity contribution in [2.45, 2.75) is 32.3 Å². The molecule has 0 spiro atoms. The van der Waals surface area contributed by atoms with Crippen LogP contribution in [0.4, 0.5) is 0 Å². The Morgan fingerprint density at radius 3 is 2.19 bits per heavy atom. The lowest BCUT2D eigenvalue weighted by atomic mass is 9.94. The van der Waals surface area contributed by atoms with Crippen LogP contribution in [0.5, 0.6) is 0 Å². The zero-order valence-corrected chi connectivity index (χ0v) is 15.7. The van der Waals surface area contributed by atoms with E-state index in [-0.39, 0.29) is 5.60 Å². The fourth-order valence-electron chi connectivity index (χ4n) is 1.99. The molecular formula is C17H27IO3. The zero-order chi connectivity index (χ0) is 15.7. The summed E-state index contributed by atoms with van der Waals surface area (Å²) in [6, 6.07) is 8.76. The molecule has 0 aromatic heterocycles. The Kier molecular flexibility index (Phi) is 8.78. The molecule has 1 aromatic carbocycles. The van der Waals surface area contributed by atoms with Gasteiger partial charge in [-0.1, -0.05) is 60.7 Å². The second-order valence-corrected chi connectivity index (χ2v) is 6.36. The van der Waals surface area contributed by atoms with Crippen molar-refractivity contribution in [3.8, 4) is 0 Å². The van der Waals surface area contributed by atoms with Crippen LogP contribution in [0, 0.1) is 0 Å². The van der Waals surface area contributed by atoms with E-state index in [1.165, 1.54) is 11.1 Å². The normalized spacial score (nSPS) is 14.4. The molecule has 0 saturated heterocycles. The molecule has 3 nitrogen and oxygen atoms in total. The average Bonchev–Trinajstić information content (AvgIpc) is 2.50. The Balaban J connectivity index is 2.54. The van der Waals surface area contributed by atoms with E-state index in [1.807, 2.05) is 0 Å². The highest BCUT2D eigenvalue weighted by molar-refractivity contribution is 14.1. The second kappa shape index (κ2) is 9.77. The van der Waals surface area contributed by atoms with E-state index in [4.69, 9.17) is 14.2 Å².